The molecule has 0 spiro atoms. The first-order valence-corrected chi connectivity index (χ1v) is 8.25. The highest BCUT2D eigenvalue weighted by atomic mass is 16.1. The van der Waals surface area contributed by atoms with E-state index >= 15 is 0 Å². The number of aryl methyl sites for hydroxylation is 3. The van der Waals surface area contributed by atoms with Crippen LogP contribution in [0, 0.1) is 13.8 Å². The van der Waals surface area contributed by atoms with Crippen molar-refractivity contribution in [3.05, 3.63) is 53.7 Å². The van der Waals surface area contributed by atoms with Crippen LogP contribution in [0.4, 0.5) is 0 Å². The lowest BCUT2D eigenvalue weighted by molar-refractivity contribution is -0.121. The van der Waals surface area contributed by atoms with Gasteiger partial charge in [0.25, 0.3) is 0 Å². The second-order valence-electron chi connectivity index (χ2n) is 6.22. The van der Waals surface area contributed by atoms with E-state index in [1.54, 1.807) is 0 Å². The summed E-state index contributed by atoms with van der Waals surface area (Å²) in [5.74, 6) is 0.0421. The van der Waals surface area contributed by atoms with Gasteiger partial charge in [-0.2, -0.15) is 5.10 Å². The Morgan fingerprint density at radius 2 is 2.17 bits per heavy atom. The minimum atomic E-state index is 0.0421. The van der Waals surface area contributed by atoms with E-state index in [1.165, 1.54) is 0 Å². The number of nitrogens with one attached hydrogen (secondary N) is 1. The first-order valence-electron chi connectivity index (χ1n) is 8.25. The predicted octanol–water partition coefficient (Wildman–Crippen LogP) is 2.46. The summed E-state index contributed by atoms with van der Waals surface area (Å²) in [5, 5.41) is 7.45. The van der Waals surface area contributed by atoms with Gasteiger partial charge in [-0.25, -0.2) is 4.98 Å². The van der Waals surface area contributed by atoms with Crippen molar-refractivity contribution in [3.8, 4) is 0 Å². The number of hydrogen-bond acceptors (Lipinski definition) is 3. The predicted molar refractivity (Wildman–Crippen MR) is 92.9 cm³/mol. The van der Waals surface area contributed by atoms with Crippen LogP contribution in [0.1, 0.15) is 36.5 Å². The Balaban J connectivity index is 1.49. The number of hydrogen-bond donors (Lipinski definition) is 1. The van der Waals surface area contributed by atoms with Crippen LogP contribution >= 0.6 is 0 Å². The van der Waals surface area contributed by atoms with Crippen molar-refractivity contribution in [2.24, 2.45) is 0 Å². The summed E-state index contributed by atoms with van der Waals surface area (Å²) in [6.07, 6.45) is 5.01. The Hall–Kier alpha value is -2.63. The summed E-state index contributed by atoms with van der Waals surface area (Å²) < 4.78 is 3.93. The molecule has 126 valence electrons. The largest absolute Gasteiger partial charge is 0.354 e. The summed E-state index contributed by atoms with van der Waals surface area (Å²) in [6.45, 7) is 6.64. The first-order chi connectivity index (χ1) is 11.5. The Morgan fingerprint density at radius 1 is 1.33 bits per heavy atom. The number of carbonyl (C=O) groups is 1. The van der Waals surface area contributed by atoms with Crippen molar-refractivity contribution in [2.75, 3.05) is 6.54 Å². The molecule has 3 aromatic rings. The number of nitrogens with zero attached hydrogens (tertiary/aromatic N) is 4. The monoisotopic (exact) mass is 325 g/mol. The van der Waals surface area contributed by atoms with Crippen molar-refractivity contribution < 1.29 is 4.79 Å². The Labute approximate surface area is 141 Å². The molecule has 6 heteroatoms. The number of imidazole rings is 1. The quantitative estimate of drug-likeness (QED) is 0.757. The van der Waals surface area contributed by atoms with E-state index in [4.69, 9.17) is 0 Å². The van der Waals surface area contributed by atoms with Gasteiger partial charge in [0.05, 0.1) is 17.4 Å². The van der Waals surface area contributed by atoms with Crippen LogP contribution < -0.4 is 5.32 Å². The summed E-state index contributed by atoms with van der Waals surface area (Å²) in [4.78, 5) is 16.6. The molecule has 1 N–H and O–H groups in total. The standard InChI is InChI=1S/C18H23N5O/c1-13-10-14(2)23(21-13)15(3)11-19-18(24)8-7-16-12-22-9-5-4-6-17(22)20-16/h4-6,9-10,12,15H,7-8,11H2,1-3H3,(H,19,24)/t15-/m1/s1. The van der Waals surface area contributed by atoms with Crippen molar-refractivity contribution in [3.63, 3.8) is 0 Å². The fraction of sp³-hybridized carbons (Fsp3) is 0.389. The molecular weight excluding hydrogens is 302 g/mol. The fourth-order valence-electron chi connectivity index (χ4n) is 2.88. The van der Waals surface area contributed by atoms with Crippen LogP contribution in [0.25, 0.3) is 5.65 Å². The molecule has 0 aliphatic heterocycles. The van der Waals surface area contributed by atoms with Gasteiger partial charge in [-0.3, -0.25) is 9.48 Å². The molecule has 0 aromatic carbocycles. The lowest BCUT2D eigenvalue weighted by Crippen LogP contribution is -2.30. The molecule has 0 aliphatic carbocycles. The minimum Gasteiger partial charge on any atom is -0.354 e. The topological polar surface area (TPSA) is 64.2 Å². The van der Waals surface area contributed by atoms with Crippen LogP contribution in [0.5, 0.6) is 0 Å². The number of fused-ring (bicyclic) bond motifs is 1. The molecule has 0 saturated carbocycles. The van der Waals surface area contributed by atoms with E-state index in [0.29, 0.717) is 19.4 Å². The average Bonchev–Trinajstić information content (AvgIpc) is 3.12. The summed E-state index contributed by atoms with van der Waals surface area (Å²) >= 11 is 0. The zero-order valence-electron chi connectivity index (χ0n) is 14.4. The Bertz CT molecular complexity index is 815. The van der Waals surface area contributed by atoms with Gasteiger partial charge < -0.3 is 9.72 Å². The average molecular weight is 325 g/mol. The number of rotatable bonds is 6. The Morgan fingerprint density at radius 3 is 2.88 bits per heavy atom. The van der Waals surface area contributed by atoms with E-state index < -0.39 is 0 Å². The van der Waals surface area contributed by atoms with E-state index in [1.807, 2.05) is 59.6 Å². The molecule has 3 rings (SSSR count). The van der Waals surface area contributed by atoms with Crippen molar-refractivity contribution in [1.82, 2.24) is 24.5 Å². The second kappa shape index (κ2) is 6.86. The van der Waals surface area contributed by atoms with Gasteiger partial charge in [-0.05, 0) is 45.4 Å². The molecule has 0 bridgehead atoms. The lowest BCUT2D eigenvalue weighted by Gasteiger charge is -2.15. The maximum Gasteiger partial charge on any atom is 0.220 e. The van der Waals surface area contributed by atoms with E-state index in [-0.39, 0.29) is 11.9 Å². The maximum atomic E-state index is 12.1. The molecule has 0 aliphatic rings. The molecule has 6 nitrogen and oxygen atoms in total. The molecule has 24 heavy (non-hydrogen) atoms. The maximum absolute atomic E-state index is 12.1. The molecule has 0 saturated heterocycles. The number of aromatic nitrogens is 4. The van der Waals surface area contributed by atoms with E-state index in [2.05, 4.69) is 22.3 Å². The summed E-state index contributed by atoms with van der Waals surface area (Å²) in [7, 11) is 0. The molecular formula is C18H23N5O. The molecule has 0 radical (unpaired) electrons. The van der Waals surface area contributed by atoms with Gasteiger partial charge in [-0.1, -0.05) is 6.07 Å². The van der Waals surface area contributed by atoms with Crippen molar-refractivity contribution in [2.45, 2.75) is 39.7 Å². The highest BCUT2D eigenvalue weighted by molar-refractivity contribution is 5.76. The van der Waals surface area contributed by atoms with Gasteiger partial charge in [0, 0.05) is 31.1 Å². The molecule has 1 atom stereocenters. The van der Waals surface area contributed by atoms with Crippen LogP contribution in [0.2, 0.25) is 0 Å². The van der Waals surface area contributed by atoms with E-state index in [0.717, 1.165) is 22.7 Å². The highest BCUT2D eigenvalue weighted by Gasteiger charge is 2.11. The highest BCUT2D eigenvalue weighted by Crippen LogP contribution is 2.10. The van der Waals surface area contributed by atoms with Gasteiger partial charge in [-0.15, -0.1) is 0 Å². The molecule has 0 unspecified atom stereocenters. The third-order valence-electron chi connectivity index (χ3n) is 4.08. The van der Waals surface area contributed by atoms with Crippen LogP contribution in [-0.4, -0.2) is 31.6 Å². The first kappa shape index (κ1) is 16.2. The SMILES string of the molecule is Cc1cc(C)n([C@H](C)CNC(=O)CCc2cn3ccccc3n2)n1. The molecule has 3 heterocycles. The fourth-order valence-corrected chi connectivity index (χ4v) is 2.88. The van der Waals surface area contributed by atoms with Crippen molar-refractivity contribution >= 4 is 11.6 Å². The second-order valence-corrected chi connectivity index (χ2v) is 6.22. The molecule has 3 aromatic heterocycles. The van der Waals surface area contributed by atoms with Gasteiger partial charge in [0.15, 0.2) is 0 Å². The normalized spacial score (nSPS) is 12.5. The van der Waals surface area contributed by atoms with Gasteiger partial charge in [0.1, 0.15) is 5.65 Å². The molecule has 1 amide bonds. The molecule has 0 fully saturated rings. The third kappa shape index (κ3) is 3.64. The lowest BCUT2D eigenvalue weighted by atomic mass is 10.2. The van der Waals surface area contributed by atoms with Crippen LogP contribution in [-0.2, 0) is 11.2 Å². The van der Waals surface area contributed by atoms with Crippen LogP contribution in [0.15, 0.2) is 36.7 Å². The van der Waals surface area contributed by atoms with Crippen molar-refractivity contribution in [1.29, 1.82) is 0 Å². The summed E-state index contributed by atoms with van der Waals surface area (Å²) in [5.41, 5.74) is 3.95. The zero-order chi connectivity index (χ0) is 17.1. The number of carbonyl (C=O) groups excluding carboxylic acids is 1. The minimum absolute atomic E-state index is 0.0421. The smallest absolute Gasteiger partial charge is 0.220 e. The third-order valence-corrected chi connectivity index (χ3v) is 4.08. The summed E-state index contributed by atoms with van der Waals surface area (Å²) in [6, 6.07) is 8.06. The van der Waals surface area contributed by atoms with E-state index in [9.17, 15) is 4.79 Å². The van der Waals surface area contributed by atoms with Crippen LogP contribution in [0.3, 0.4) is 0 Å². The van der Waals surface area contributed by atoms with Gasteiger partial charge in [0.2, 0.25) is 5.91 Å². The number of pyridine rings is 1. The van der Waals surface area contributed by atoms with Gasteiger partial charge >= 0.3 is 0 Å². The number of amides is 1. The zero-order valence-corrected chi connectivity index (χ0v) is 14.4. The Kier molecular flexibility index (Phi) is 4.64.